The van der Waals surface area contributed by atoms with E-state index >= 15 is 0 Å². The van der Waals surface area contributed by atoms with Gasteiger partial charge in [0.1, 0.15) is 0 Å². The number of anilines is 1. The Morgan fingerprint density at radius 2 is 2.16 bits per heavy atom. The number of aryl methyl sites for hydroxylation is 2. The van der Waals surface area contributed by atoms with Gasteiger partial charge in [-0.2, -0.15) is 0 Å². The highest BCUT2D eigenvalue weighted by Gasteiger charge is 2.18. The van der Waals surface area contributed by atoms with Crippen LogP contribution in [0.25, 0.3) is 0 Å². The van der Waals surface area contributed by atoms with Gasteiger partial charge in [-0.15, -0.1) is 0 Å². The van der Waals surface area contributed by atoms with Gasteiger partial charge in [0.25, 0.3) is 0 Å². The van der Waals surface area contributed by atoms with Crippen LogP contribution in [-0.4, -0.2) is 51.2 Å². The Kier molecular flexibility index (Phi) is 4.83. The second kappa shape index (κ2) is 6.40. The Labute approximate surface area is 117 Å². The fourth-order valence-corrected chi connectivity index (χ4v) is 2.88. The maximum atomic E-state index is 3.49. The Bertz CT molecular complexity index is 416. The maximum absolute atomic E-state index is 3.49. The van der Waals surface area contributed by atoms with Gasteiger partial charge in [-0.05, 0) is 38.9 Å². The molecule has 1 unspecified atom stereocenters. The molecule has 1 saturated heterocycles. The Morgan fingerprint density at radius 1 is 1.37 bits per heavy atom. The molecule has 3 nitrogen and oxygen atoms in total. The zero-order valence-corrected chi connectivity index (χ0v) is 12.7. The van der Waals surface area contributed by atoms with Crippen molar-refractivity contribution in [1.82, 2.24) is 10.2 Å². The van der Waals surface area contributed by atoms with Gasteiger partial charge < -0.3 is 15.1 Å². The molecular formula is C16H27N3. The minimum absolute atomic E-state index is 0.668. The first-order valence-corrected chi connectivity index (χ1v) is 7.27. The third-order valence-electron chi connectivity index (χ3n) is 4.21. The summed E-state index contributed by atoms with van der Waals surface area (Å²) in [5.74, 6) is 0. The SMILES string of the molecule is Cc1ccc(N(C)CCC2CNCCN2C)c(C)c1. The van der Waals surface area contributed by atoms with E-state index in [2.05, 4.69) is 61.3 Å². The van der Waals surface area contributed by atoms with E-state index in [0.717, 1.165) is 26.2 Å². The highest BCUT2D eigenvalue weighted by molar-refractivity contribution is 5.53. The van der Waals surface area contributed by atoms with Crippen LogP contribution < -0.4 is 10.2 Å². The van der Waals surface area contributed by atoms with Crippen LogP contribution in [0, 0.1) is 13.8 Å². The highest BCUT2D eigenvalue weighted by atomic mass is 15.2. The first-order valence-electron chi connectivity index (χ1n) is 7.27. The summed E-state index contributed by atoms with van der Waals surface area (Å²) in [5, 5.41) is 3.49. The van der Waals surface area contributed by atoms with Crippen molar-refractivity contribution in [1.29, 1.82) is 0 Å². The first-order chi connectivity index (χ1) is 9.08. The molecule has 0 saturated carbocycles. The van der Waals surface area contributed by atoms with Crippen LogP contribution in [0.4, 0.5) is 5.69 Å². The Balaban J connectivity index is 1.91. The van der Waals surface area contributed by atoms with Gasteiger partial charge in [-0.25, -0.2) is 0 Å². The minimum atomic E-state index is 0.668. The lowest BCUT2D eigenvalue weighted by molar-refractivity contribution is 0.192. The molecule has 106 valence electrons. The highest BCUT2D eigenvalue weighted by Crippen LogP contribution is 2.20. The van der Waals surface area contributed by atoms with Crippen LogP contribution in [0.5, 0.6) is 0 Å². The average Bonchev–Trinajstić information content (AvgIpc) is 2.37. The summed E-state index contributed by atoms with van der Waals surface area (Å²) in [4.78, 5) is 4.86. The Hall–Kier alpha value is -1.06. The average molecular weight is 261 g/mol. The number of nitrogens with one attached hydrogen (secondary N) is 1. The van der Waals surface area contributed by atoms with Crippen molar-refractivity contribution < 1.29 is 0 Å². The number of nitrogens with zero attached hydrogens (tertiary/aromatic N) is 2. The summed E-state index contributed by atoms with van der Waals surface area (Å²) >= 11 is 0. The van der Waals surface area contributed by atoms with Gasteiger partial charge >= 0.3 is 0 Å². The lowest BCUT2D eigenvalue weighted by atomic mass is 10.1. The van der Waals surface area contributed by atoms with Crippen molar-refractivity contribution in [2.75, 3.05) is 45.2 Å². The number of benzene rings is 1. The van der Waals surface area contributed by atoms with E-state index in [1.165, 1.54) is 23.2 Å². The molecule has 3 heteroatoms. The van der Waals surface area contributed by atoms with E-state index in [-0.39, 0.29) is 0 Å². The molecule has 1 aliphatic rings. The molecule has 1 atom stereocenters. The number of piperazine rings is 1. The molecule has 1 fully saturated rings. The van der Waals surface area contributed by atoms with Gasteiger partial charge in [0, 0.05) is 45.0 Å². The van der Waals surface area contributed by atoms with Crippen molar-refractivity contribution >= 4 is 5.69 Å². The van der Waals surface area contributed by atoms with Gasteiger partial charge in [0.15, 0.2) is 0 Å². The molecule has 0 radical (unpaired) electrons. The lowest BCUT2D eigenvalue weighted by Gasteiger charge is -2.34. The third kappa shape index (κ3) is 3.71. The van der Waals surface area contributed by atoms with Crippen LogP contribution in [0.2, 0.25) is 0 Å². The van der Waals surface area contributed by atoms with Crippen LogP contribution in [-0.2, 0) is 0 Å². The van der Waals surface area contributed by atoms with Gasteiger partial charge in [0.05, 0.1) is 0 Å². The molecule has 2 rings (SSSR count). The predicted molar refractivity (Wildman–Crippen MR) is 83.1 cm³/mol. The topological polar surface area (TPSA) is 18.5 Å². The van der Waals surface area contributed by atoms with Crippen molar-refractivity contribution in [3.63, 3.8) is 0 Å². The van der Waals surface area contributed by atoms with Crippen LogP contribution in [0.1, 0.15) is 17.5 Å². The molecule has 0 spiro atoms. The molecule has 0 amide bonds. The fourth-order valence-electron chi connectivity index (χ4n) is 2.88. The van der Waals surface area contributed by atoms with Crippen molar-refractivity contribution in [3.8, 4) is 0 Å². The molecule has 19 heavy (non-hydrogen) atoms. The maximum Gasteiger partial charge on any atom is 0.0393 e. The van der Waals surface area contributed by atoms with Gasteiger partial charge in [0.2, 0.25) is 0 Å². The van der Waals surface area contributed by atoms with E-state index < -0.39 is 0 Å². The number of hydrogen-bond donors (Lipinski definition) is 1. The smallest absolute Gasteiger partial charge is 0.0393 e. The number of likely N-dealkylation sites (N-methyl/N-ethyl adjacent to an activating group) is 1. The predicted octanol–water partition coefficient (Wildman–Crippen LogP) is 2.03. The van der Waals surface area contributed by atoms with E-state index in [1.807, 2.05) is 0 Å². The number of rotatable bonds is 4. The molecule has 1 heterocycles. The van der Waals surface area contributed by atoms with Gasteiger partial charge in [-0.1, -0.05) is 17.7 Å². The zero-order chi connectivity index (χ0) is 13.8. The molecule has 0 bridgehead atoms. The second-order valence-corrected chi connectivity index (χ2v) is 5.84. The monoisotopic (exact) mass is 261 g/mol. The van der Waals surface area contributed by atoms with E-state index in [4.69, 9.17) is 0 Å². The van der Waals surface area contributed by atoms with Gasteiger partial charge in [-0.3, -0.25) is 0 Å². The molecule has 1 N–H and O–H groups in total. The normalized spacial score (nSPS) is 20.5. The minimum Gasteiger partial charge on any atom is -0.374 e. The molecule has 1 aliphatic heterocycles. The van der Waals surface area contributed by atoms with E-state index in [0.29, 0.717) is 6.04 Å². The van der Waals surface area contributed by atoms with E-state index in [1.54, 1.807) is 0 Å². The zero-order valence-electron chi connectivity index (χ0n) is 12.7. The first kappa shape index (κ1) is 14.4. The van der Waals surface area contributed by atoms with Crippen LogP contribution >= 0.6 is 0 Å². The molecule has 1 aromatic carbocycles. The summed E-state index contributed by atoms with van der Waals surface area (Å²) in [6, 6.07) is 7.38. The van der Waals surface area contributed by atoms with Crippen molar-refractivity contribution in [2.24, 2.45) is 0 Å². The summed E-state index contributed by atoms with van der Waals surface area (Å²) in [6.45, 7) is 8.88. The van der Waals surface area contributed by atoms with Crippen molar-refractivity contribution in [2.45, 2.75) is 26.3 Å². The van der Waals surface area contributed by atoms with Crippen molar-refractivity contribution in [3.05, 3.63) is 29.3 Å². The summed E-state index contributed by atoms with van der Waals surface area (Å²) in [5.41, 5.74) is 4.07. The molecule has 0 aromatic heterocycles. The third-order valence-corrected chi connectivity index (χ3v) is 4.21. The summed E-state index contributed by atoms with van der Waals surface area (Å²) in [7, 11) is 4.44. The molecule has 1 aromatic rings. The molecule has 0 aliphatic carbocycles. The fraction of sp³-hybridized carbons (Fsp3) is 0.625. The summed E-state index contributed by atoms with van der Waals surface area (Å²) in [6.07, 6.45) is 1.22. The quantitative estimate of drug-likeness (QED) is 0.895. The largest absolute Gasteiger partial charge is 0.374 e. The van der Waals surface area contributed by atoms with Crippen LogP contribution in [0.3, 0.4) is 0 Å². The van der Waals surface area contributed by atoms with Crippen LogP contribution in [0.15, 0.2) is 18.2 Å². The lowest BCUT2D eigenvalue weighted by Crippen LogP contribution is -2.50. The van der Waals surface area contributed by atoms with E-state index in [9.17, 15) is 0 Å². The summed E-state index contributed by atoms with van der Waals surface area (Å²) < 4.78 is 0. The number of hydrogen-bond acceptors (Lipinski definition) is 3. The second-order valence-electron chi connectivity index (χ2n) is 5.84. The standard InChI is InChI=1S/C16H27N3/c1-13-5-6-16(14(2)11-13)19(4)9-7-15-12-17-8-10-18(15)3/h5-6,11,15,17H,7-10,12H2,1-4H3. The Morgan fingerprint density at radius 3 is 2.84 bits per heavy atom. The molecular weight excluding hydrogens is 234 g/mol.